The molecule has 3 aromatic rings. The summed E-state index contributed by atoms with van der Waals surface area (Å²) in [6.07, 6.45) is 6.40. The minimum absolute atomic E-state index is 0.365. The molecule has 0 unspecified atom stereocenters. The van der Waals surface area contributed by atoms with E-state index in [4.69, 9.17) is 10.8 Å². The van der Waals surface area contributed by atoms with Gasteiger partial charge in [0.25, 0.3) is 0 Å². The van der Waals surface area contributed by atoms with Gasteiger partial charge in [-0.1, -0.05) is 30.3 Å². The molecule has 0 atom stereocenters. The number of aromatic nitrogens is 4. The van der Waals surface area contributed by atoms with Crippen molar-refractivity contribution in [1.82, 2.24) is 19.7 Å². The number of rotatable bonds is 4. The number of fused-ring (bicyclic) bond motifs is 1. The van der Waals surface area contributed by atoms with E-state index in [2.05, 4.69) is 32.1 Å². The lowest BCUT2D eigenvalue weighted by Gasteiger charge is -2.25. The van der Waals surface area contributed by atoms with Crippen LogP contribution in [0, 0.1) is 5.92 Å². The van der Waals surface area contributed by atoms with Gasteiger partial charge in [0.15, 0.2) is 5.65 Å². The summed E-state index contributed by atoms with van der Waals surface area (Å²) in [6.45, 7) is 0.885. The Bertz CT molecular complexity index is 849. The Morgan fingerprint density at radius 2 is 1.92 bits per heavy atom. The molecule has 1 saturated carbocycles. The zero-order valence-electron chi connectivity index (χ0n) is 14.5. The molecule has 1 fully saturated rings. The molecule has 6 nitrogen and oxygen atoms in total. The molecule has 4 rings (SSSR count). The third-order valence-electron chi connectivity index (χ3n) is 5.08. The smallest absolute Gasteiger partial charge is 0.224 e. The van der Waals surface area contributed by atoms with Gasteiger partial charge in [-0.05, 0) is 31.6 Å². The van der Waals surface area contributed by atoms with Crippen molar-refractivity contribution in [3.8, 4) is 11.3 Å². The summed E-state index contributed by atoms with van der Waals surface area (Å²) in [5, 5.41) is 8.93. The molecule has 0 bridgehead atoms. The van der Waals surface area contributed by atoms with Crippen molar-refractivity contribution in [2.24, 2.45) is 11.7 Å². The van der Waals surface area contributed by atoms with Gasteiger partial charge in [-0.15, -0.1) is 0 Å². The predicted octanol–water partition coefficient (Wildman–Crippen LogP) is 3.05. The van der Waals surface area contributed by atoms with Crippen LogP contribution in [0.15, 0.2) is 36.5 Å². The van der Waals surface area contributed by atoms with Gasteiger partial charge >= 0.3 is 0 Å². The third kappa shape index (κ3) is 3.22. The molecule has 0 aliphatic heterocycles. The van der Waals surface area contributed by atoms with Crippen LogP contribution in [0.2, 0.25) is 0 Å². The van der Waals surface area contributed by atoms with E-state index in [0.29, 0.717) is 17.9 Å². The Hall–Kier alpha value is -2.47. The summed E-state index contributed by atoms with van der Waals surface area (Å²) in [7, 11) is 1.84. The second kappa shape index (κ2) is 6.80. The van der Waals surface area contributed by atoms with E-state index < -0.39 is 0 Å². The van der Waals surface area contributed by atoms with E-state index in [0.717, 1.165) is 54.5 Å². The number of nitrogens with one attached hydrogen (secondary N) is 1. The summed E-state index contributed by atoms with van der Waals surface area (Å²) in [6, 6.07) is 10.6. The van der Waals surface area contributed by atoms with Crippen LogP contribution in [0.3, 0.4) is 0 Å². The van der Waals surface area contributed by atoms with E-state index in [1.54, 1.807) is 0 Å². The first-order valence-corrected chi connectivity index (χ1v) is 8.97. The van der Waals surface area contributed by atoms with Crippen LogP contribution in [0.4, 0.5) is 5.95 Å². The van der Waals surface area contributed by atoms with Crippen molar-refractivity contribution in [2.45, 2.75) is 38.3 Å². The molecule has 1 aliphatic rings. The minimum Gasteiger partial charge on any atom is -0.357 e. The first-order chi connectivity index (χ1) is 12.2. The van der Waals surface area contributed by atoms with E-state index in [1.165, 1.54) is 0 Å². The molecule has 1 aromatic carbocycles. The van der Waals surface area contributed by atoms with Gasteiger partial charge in [0.1, 0.15) is 5.69 Å². The molecule has 0 radical (unpaired) electrons. The Morgan fingerprint density at radius 1 is 1.16 bits per heavy atom. The Kier molecular flexibility index (Phi) is 4.36. The third-order valence-corrected chi connectivity index (χ3v) is 5.08. The second-order valence-electron chi connectivity index (χ2n) is 6.86. The number of benzene rings is 1. The summed E-state index contributed by atoms with van der Waals surface area (Å²) in [4.78, 5) is 9.06. The second-order valence-corrected chi connectivity index (χ2v) is 6.86. The number of hydrogen-bond donors (Lipinski definition) is 2. The van der Waals surface area contributed by atoms with E-state index in [-0.39, 0.29) is 0 Å². The number of nitrogens with zero attached hydrogens (tertiary/aromatic N) is 4. The summed E-state index contributed by atoms with van der Waals surface area (Å²) in [5.74, 6) is 1.23. The molecule has 0 spiro atoms. The highest BCUT2D eigenvalue weighted by Gasteiger charge is 2.22. The maximum Gasteiger partial charge on any atom is 0.224 e. The quantitative estimate of drug-likeness (QED) is 0.765. The fourth-order valence-corrected chi connectivity index (χ4v) is 3.63. The summed E-state index contributed by atoms with van der Waals surface area (Å²) < 4.78 is 2.06. The lowest BCUT2D eigenvalue weighted by molar-refractivity contribution is 0.288. The normalized spacial score (nSPS) is 20.7. The molecule has 25 heavy (non-hydrogen) atoms. The molecular weight excluding hydrogens is 312 g/mol. The van der Waals surface area contributed by atoms with Gasteiger partial charge in [-0.2, -0.15) is 10.1 Å². The van der Waals surface area contributed by atoms with E-state index in [9.17, 15) is 0 Å². The highest BCUT2D eigenvalue weighted by Crippen LogP contribution is 2.30. The maximum absolute atomic E-state index is 6.05. The van der Waals surface area contributed by atoms with Crippen LogP contribution in [0.1, 0.15) is 25.7 Å². The first-order valence-electron chi connectivity index (χ1n) is 8.97. The van der Waals surface area contributed by atoms with Gasteiger partial charge in [0.2, 0.25) is 5.95 Å². The highest BCUT2D eigenvalue weighted by atomic mass is 15.3. The molecule has 0 amide bonds. The Morgan fingerprint density at radius 3 is 2.64 bits per heavy atom. The topological polar surface area (TPSA) is 81.7 Å². The fraction of sp³-hybridized carbons (Fsp3) is 0.421. The van der Waals surface area contributed by atoms with Crippen molar-refractivity contribution in [2.75, 3.05) is 12.4 Å². The monoisotopic (exact) mass is 336 g/mol. The number of anilines is 1. The highest BCUT2D eigenvalue weighted by molar-refractivity contribution is 5.91. The van der Waals surface area contributed by atoms with Crippen LogP contribution < -0.4 is 11.1 Å². The lowest BCUT2D eigenvalue weighted by atomic mass is 9.86. The first kappa shape index (κ1) is 16.0. The van der Waals surface area contributed by atoms with Crippen LogP contribution in [0.25, 0.3) is 22.3 Å². The average Bonchev–Trinajstić information content (AvgIpc) is 3.02. The van der Waals surface area contributed by atoms with Crippen molar-refractivity contribution < 1.29 is 0 Å². The van der Waals surface area contributed by atoms with Crippen LogP contribution >= 0.6 is 0 Å². The van der Waals surface area contributed by atoms with Crippen LogP contribution in [-0.4, -0.2) is 32.8 Å². The van der Waals surface area contributed by atoms with E-state index in [1.807, 2.05) is 31.4 Å². The van der Waals surface area contributed by atoms with Crippen molar-refractivity contribution in [3.63, 3.8) is 0 Å². The molecule has 1 aliphatic carbocycles. The average molecular weight is 336 g/mol. The van der Waals surface area contributed by atoms with Gasteiger partial charge in [-0.3, -0.25) is 0 Å². The summed E-state index contributed by atoms with van der Waals surface area (Å²) in [5.41, 5.74) is 8.99. The van der Waals surface area contributed by atoms with Gasteiger partial charge in [0, 0.05) is 31.4 Å². The fourth-order valence-electron chi connectivity index (χ4n) is 3.63. The maximum atomic E-state index is 6.05. The molecule has 2 heterocycles. The van der Waals surface area contributed by atoms with Crippen LogP contribution in [0.5, 0.6) is 0 Å². The predicted molar refractivity (Wildman–Crippen MR) is 100 cm³/mol. The molecule has 130 valence electrons. The zero-order valence-corrected chi connectivity index (χ0v) is 14.5. The van der Waals surface area contributed by atoms with Gasteiger partial charge in [0.05, 0.1) is 5.39 Å². The minimum atomic E-state index is 0.365. The Labute approximate surface area is 147 Å². The Balaban J connectivity index is 1.74. The number of nitrogens with two attached hydrogens (primary N) is 1. The van der Waals surface area contributed by atoms with Gasteiger partial charge in [-0.25, -0.2) is 9.67 Å². The van der Waals surface area contributed by atoms with Crippen molar-refractivity contribution >= 4 is 17.0 Å². The lowest BCUT2D eigenvalue weighted by Crippen LogP contribution is -2.28. The standard InChI is InChI=1S/C19H24N6/c1-21-19-22-11-16-17(14-5-3-2-4-6-14)24-25(18(16)23-19)12-13-7-9-15(20)10-8-13/h2-6,11,13,15H,7-10,12,20H2,1H3,(H,21,22,23)/t13-,15-. The van der Waals surface area contributed by atoms with Crippen molar-refractivity contribution in [1.29, 1.82) is 0 Å². The van der Waals surface area contributed by atoms with Crippen molar-refractivity contribution in [3.05, 3.63) is 36.5 Å². The SMILES string of the molecule is CNc1ncc2c(-c3ccccc3)nn(C[C@H]3CC[C@H](N)CC3)c2n1. The number of hydrogen-bond acceptors (Lipinski definition) is 5. The van der Waals surface area contributed by atoms with E-state index >= 15 is 0 Å². The molecular formula is C19H24N6. The molecule has 3 N–H and O–H groups in total. The molecule has 6 heteroatoms. The van der Waals surface area contributed by atoms with Gasteiger partial charge < -0.3 is 11.1 Å². The zero-order chi connectivity index (χ0) is 17.2. The van der Waals surface area contributed by atoms with Crippen LogP contribution in [-0.2, 0) is 6.54 Å². The largest absolute Gasteiger partial charge is 0.357 e. The summed E-state index contributed by atoms with van der Waals surface area (Å²) >= 11 is 0. The molecule has 0 saturated heterocycles. The molecule has 2 aromatic heterocycles.